The number of aromatic nitrogens is 2. The Labute approximate surface area is 161 Å². The van der Waals surface area contributed by atoms with Gasteiger partial charge in [-0.3, -0.25) is 0 Å². The van der Waals surface area contributed by atoms with Crippen LogP contribution in [0.25, 0.3) is 33.5 Å². The molecule has 0 spiro atoms. The fraction of sp³-hybridized carbons (Fsp3) is 0.0476. The number of hydrogen-bond donors (Lipinski definition) is 0. The van der Waals surface area contributed by atoms with Gasteiger partial charge in [0.25, 0.3) is 0 Å². The molecule has 0 fully saturated rings. The zero-order valence-electron chi connectivity index (χ0n) is 13.9. The summed E-state index contributed by atoms with van der Waals surface area (Å²) < 4.78 is 5.31. The SMILES string of the molecule is COc1ccc2nc(-c3ccc(Cl)cc3)c(-c3ccc(Cl)cc3)nc2c1. The van der Waals surface area contributed by atoms with Crippen LogP contribution in [0.1, 0.15) is 0 Å². The Hall–Kier alpha value is -2.62. The maximum Gasteiger partial charge on any atom is 0.121 e. The third kappa shape index (κ3) is 3.24. The number of ether oxygens (including phenoxy) is 1. The van der Waals surface area contributed by atoms with Gasteiger partial charge in [-0.2, -0.15) is 0 Å². The van der Waals surface area contributed by atoms with E-state index in [1.54, 1.807) is 7.11 Å². The first kappa shape index (κ1) is 16.8. The monoisotopic (exact) mass is 380 g/mol. The molecule has 0 aliphatic heterocycles. The molecular weight excluding hydrogens is 367 g/mol. The molecule has 3 aromatic carbocycles. The van der Waals surface area contributed by atoms with Gasteiger partial charge in [0, 0.05) is 27.2 Å². The highest BCUT2D eigenvalue weighted by Crippen LogP contribution is 2.33. The van der Waals surface area contributed by atoms with E-state index in [-0.39, 0.29) is 0 Å². The van der Waals surface area contributed by atoms with Gasteiger partial charge in [-0.25, -0.2) is 9.97 Å². The van der Waals surface area contributed by atoms with Crippen molar-refractivity contribution in [1.29, 1.82) is 0 Å². The lowest BCUT2D eigenvalue weighted by atomic mass is 10.0. The lowest BCUT2D eigenvalue weighted by molar-refractivity contribution is 0.415. The zero-order chi connectivity index (χ0) is 18.1. The van der Waals surface area contributed by atoms with Crippen molar-refractivity contribution in [2.24, 2.45) is 0 Å². The van der Waals surface area contributed by atoms with Crippen molar-refractivity contribution in [3.63, 3.8) is 0 Å². The summed E-state index contributed by atoms with van der Waals surface area (Å²) in [4.78, 5) is 9.72. The molecule has 4 aromatic rings. The smallest absolute Gasteiger partial charge is 0.121 e. The Bertz CT molecular complexity index is 1080. The first-order chi connectivity index (χ1) is 12.6. The molecule has 1 heterocycles. The molecule has 0 amide bonds. The standard InChI is InChI=1S/C21H14Cl2N2O/c1-26-17-10-11-18-19(12-17)25-21(14-4-8-16(23)9-5-14)20(24-18)13-2-6-15(22)7-3-13/h2-12H,1H3. The van der Waals surface area contributed by atoms with E-state index >= 15 is 0 Å². The molecule has 4 rings (SSSR count). The summed E-state index contributed by atoms with van der Waals surface area (Å²) in [5.41, 5.74) is 5.04. The van der Waals surface area contributed by atoms with Crippen molar-refractivity contribution >= 4 is 34.2 Å². The molecule has 3 nitrogen and oxygen atoms in total. The normalized spacial score (nSPS) is 10.9. The summed E-state index contributed by atoms with van der Waals surface area (Å²) >= 11 is 12.1. The van der Waals surface area contributed by atoms with Gasteiger partial charge in [-0.1, -0.05) is 47.5 Å². The van der Waals surface area contributed by atoms with E-state index in [4.69, 9.17) is 37.9 Å². The van der Waals surface area contributed by atoms with E-state index in [0.717, 1.165) is 39.3 Å². The molecule has 0 N–H and O–H groups in total. The number of fused-ring (bicyclic) bond motifs is 1. The summed E-state index contributed by atoms with van der Waals surface area (Å²) in [6.07, 6.45) is 0. The van der Waals surface area contributed by atoms with Crippen molar-refractivity contribution in [3.05, 3.63) is 76.8 Å². The minimum absolute atomic E-state index is 0.678. The first-order valence-corrected chi connectivity index (χ1v) is 8.77. The Kier molecular flexibility index (Phi) is 4.49. The van der Waals surface area contributed by atoms with Crippen molar-refractivity contribution < 1.29 is 4.74 Å². The highest BCUT2D eigenvalue weighted by molar-refractivity contribution is 6.31. The van der Waals surface area contributed by atoms with E-state index in [0.29, 0.717) is 10.0 Å². The van der Waals surface area contributed by atoms with Crippen LogP contribution in [-0.2, 0) is 0 Å². The predicted molar refractivity (Wildman–Crippen MR) is 107 cm³/mol. The Balaban J connectivity index is 1.99. The van der Waals surface area contributed by atoms with Crippen LogP contribution in [0.5, 0.6) is 5.75 Å². The van der Waals surface area contributed by atoms with Gasteiger partial charge in [0.1, 0.15) is 5.75 Å². The number of rotatable bonds is 3. The molecule has 5 heteroatoms. The van der Waals surface area contributed by atoms with E-state index in [1.807, 2.05) is 66.7 Å². The molecule has 0 aliphatic carbocycles. The first-order valence-electron chi connectivity index (χ1n) is 8.02. The third-order valence-corrected chi connectivity index (χ3v) is 4.61. The molecule has 0 saturated carbocycles. The van der Waals surface area contributed by atoms with Gasteiger partial charge in [0.15, 0.2) is 0 Å². The van der Waals surface area contributed by atoms with Crippen LogP contribution in [0, 0.1) is 0 Å². The van der Waals surface area contributed by atoms with Crippen LogP contribution in [0.15, 0.2) is 66.7 Å². The fourth-order valence-corrected chi connectivity index (χ4v) is 3.03. The molecule has 26 heavy (non-hydrogen) atoms. The van der Waals surface area contributed by atoms with Crippen molar-refractivity contribution in [2.45, 2.75) is 0 Å². The van der Waals surface area contributed by atoms with Gasteiger partial charge >= 0.3 is 0 Å². The van der Waals surface area contributed by atoms with Crippen LogP contribution in [0.3, 0.4) is 0 Å². The zero-order valence-corrected chi connectivity index (χ0v) is 15.4. The summed E-state index contributed by atoms with van der Waals surface area (Å²) in [5, 5.41) is 1.36. The van der Waals surface area contributed by atoms with Crippen LogP contribution in [0.4, 0.5) is 0 Å². The number of hydrogen-bond acceptors (Lipinski definition) is 3. The molecule has 128 valence electrons. The van der Waals surface area contributed by atoms with Gasteiger partial charge in [-0.05, 0) is 36.4 Å². The maximum atomic E-state index is 6.04. The van der Waals surface area contributed by atoms with Crippen LogP contribution in [0.2, 0.25) is 10.0 Å². The van der Waals surface area contributed by atoms with Crippen molar-refractivity contribution in [1.82, 2.24) is 9.97 Å². The minimum atomic E-state index is 0.678. The quantitative estimate of drug-likeness (QED) is 0.419. The molecule has 0 aliphatic rings. The highest BCUT2D eigenvalue weighted by atomic mass is 35.5. The topological polar surface area (TPSA) is 35.0 Å². The third-order valence-electron chi connectivity index (χ3n) is 4.11. The molecule has 0 saturated heterocycles. The van der Waals surface area contributed by atoms with Gasteiger partial charge in [0.2, 0.25) is 0 Å². The van der Waals surface area contributed by atoms with Gasteiger partial charge < -0.3 is 4.74 Å². The average Bonchev–Trinajstić information content (AvgIpc) is 2.68. The summed E-state index contributed by atoms with van der Waals surface area (Å²) in [7, 11) is 1.64. The summed E-state index contributed by atoms with van der Waals surface area (Å²) in [5.74, 6) is 0.744. The highest BCUT2D eigenvalue weighted by Gasteiger charge is 2.14. The lowest BCUT2D eigenvalue weighted by Gasteiger charge is -2.11. The van der Waals surface area contributed by atoms with Gasteiger partial charge in [-0.15, -0.1) is 0 Å². The molecule has 0 radical (unpaired) electrons. The van der Waals surface area contributed by atoms with Crippen LogP contribution >= 0.6 is 23.2 Å². The average molecular weight is 381 g/mol. The number of benzene rings is 3. The van der Waals surface area contributed by atoms with Crippen LogP contribution < -0.4 is 4.74 Å². The second-order valence-corrected chi connectivity index (χ2v) is 6.66. The van der Waals surface area contributed by atoms with Crippen molar-refractivity contribution in [3.8, 4) is 28.3 Å². The fourth-order valence-electron chi connectivity index (χ4n) is 2.78. The molecule has 1 aromatic heterocycles. The van der Waals surface area contributed by atoms with E-state index in [2.05, 4.69) is 0 Å². The number of nitrogens with zero attached hydrogens (tertiary/aromatic N) is 2. The lowest BCUT2D eigenvalue weighted by Crippen LogP contribution is -1.96. The van der Waals surface area contributed by atoms with E-state index in [9.17, 15) is 0 Å². The summed E-state index contributed by atoms with van der Waals surface area (Å²) in [6.45, 7) is 0. The van der Waals surface area contributed by atoms with Crippen molar-refractivity contribution in [2.75, 3.05) is 7.11 Å². The van der Waals surface area contributed by atoms with E-state index < -0.39 is 0 Å². The van der Waals surface area contributed by atoms with E-state index in [1.165, 1.54) is 0 Å². The molecule has 0 atom stereocenters. The molecule has 0 bridgehead atoms. The Morgan fingerprint density at radius 1 is 0.654 bits per heavy atom. The molecular formula is C21H14Cl2N2O. The summed E-state index contributed by atoms with van der Waals surface area (Å²) in [6, 6.07) is 20.8. The number of halogens is 2. The maximum absolute atomic E-state index is 6.04. The predicted octanol–water partition coefficient (Wildman–Crippen LogP) is 6.28. The second-order valence-electron chi connectivity index (χ2n) is 5.79. The van der Waals surface area contributed by atoms with Crippen LogP contribution in [-0.4, -0.2) is 17.1 Å². The number of methoxy groups -OCH3 is 1. The largest absolute Gasteiger partial charge is 0.497 e. The van der Waals surface area contributed by atoms with Gasteiger partial charge in [0.05, 0.1) is 29.5 Å². The Morgan fingerprint density at radius 3 is 1.65 bits per heavy atom. The Morgan fingerprint density at radius 2 is 1.15 bits per heavy atom. The molecule has 0 unspecified atom stereocenters. The minimum Gasteiger partial charge on any atom is -0.497 e. The second kappa shape index (κ2) is 6.94.